The first-order valence-corrected chi connectivity index (χ1v) is 8.48. The number of hydrogen-bond donors (Lipinski definition) is 0. The lowest BCUT2D eigenvalue weighted by Crippen LogP contribution is -2.38. The molecule has 0 saturated heterocycles. The molecule has 0 N–H and O–H groups in total. The maximum Gasteiger partial charge on any atom is 0.310 e. The molecular formula is C19H30N2O3. The van der Waals surface area contributed by atoms with E-state index in [4.69, 9.17) is 4.74 Å². The summed E-state index contributed by atoms with van der Waals surface area (Å²) >= 11 is 0. The van der Waals surface area contributed by atoms with Gasteiger partial charge in [0.05, 0.1) is 13.0 Å². The molecule has 24 heavy (non-hydrogen) atoms. The monoisotopic (exact) mass is 334 g/mol. The fraction of sp³-hybridized carbons (Fsp3) is 0.579. The standard InChI is InChI=1S/C19H30N2O3/c1-16(19(23)24-4)15-21(14-8-13-20(2)3)18(22)12-11-17-9-6-5-7-10-17/h5-7,9-10,16H,8,11-15H2,1-4H3. The predicted octanol–water partition coefficient (Wildman–Crippen LogP) is 2.21. The summed E-state index contributed by atoms with van der Waals surface area (Å²) in [4.78, 5) is 28.2. The average molecular weight is 334 g/mol. The van der Waals surface area contributed by atoms with Crippen LogP contribution in [0.15, 0.2) is 30.3 Å². The van der Waals surface area contributed by atoms with Crippen molar-refractivity contribution in [3.63, 3.8) is 0 Å². The van der Waals surface area contributed by atoms with Crippen LogP contribution in [0.4, 0.5) is 0 Å². The summed E-state index contributed by atoms with van der Waals surface area (Å²) in [6, 6.07) is 9.99. The normalized spacial score (nSPS) is 12.0. The van der Waals surface area contributed by atoms with Gasteiger partial charge in [0, 0.05) is 19.5 Å². The molecule has 0 saturated carbocycles. The SMILES string of the molecule is COC(=O)C(C)CN(CCCN(C)C)C(=O)CCc1ccccc1. The molecule has 0 aliphatic heterocycles. The molecule has 0 heterocycles. The van der Waals surface area contributed by atoms with Crippen molar-refractivity contribution in [3.05, 3.63) is 35.9 Å². The van der Waals surface area contributed by atoms with E-state index in [9.17, 15) is 9.59 Å². The average Bonchev–Trinajstić information content (AvgIpc) is 2.58. The van der Waals surface area contributed by atoms with Crippen LogP contribution in [0.5, 0.6) is 0 Å². The van der Waals surface area contributed by atoms with Crippen LogP contribution in [0, 0.1) is 5.92 Å². The fourth-order valence-electron chi connectivity index (χ4n) is 2.56. The Balaban J connectivity index is 2.60. The van der Waals surface area contributed by atoms with Gasteiger partial charge in [0.15, 0.2) is 0 Å². The summed E-state index contributed by atoms with van der Waals surface area (Å²) < 4.78 is 4.78. The molecule has 0 bridgehead atoms. The van der Waals surface area contributed by atoms with E-state index in [1.807, 2.05) is 44.4 Å². The van der Waals surface area contributed by atoms with Gasteiger partial charge in [-0.3, -0.25) is 9.59 Å². The fourth-order valence-corrected chi connectivity index (χ4v) is 2.56. The van der Waals surface area contributed by atoms with E-state index in [1.54, 1.807) is 11.8 Å². The molecule has 0 radical (unpaired) electrons. The van der Waals surface area contributed by atoms with Crippen molar-refractivity contribution in [2.45, 2.75) is 26.2 Å². The quantitative estimate of drug-likeness (QED) is 0.616. The minimum absolute atomic E-state index is 0.0911. The number of carbonyl (C=O) groups is 2. The van der Waals surface area contributed by atoms with Crippen LogP contribution in [0.3, 0.4) is 0 Å². The van der Waals surface area contributed by atoms with Gasteiger partial charge in [0.1, 0.15) is 0 Å². The topological polar surface area (TPSA) is 49.9 Å². The Bertz CT molecular complexity index is 503. The first kappa shape index (κ1) is 20.2. The number of hydrogen-bond acceptors (Lipinski definition) is 4. The molecule has 5 nitrogen and oxygen atoms in total. The lowest BCUT2D eigenvalue weighted by Gasteiger charge is -2.26. The molecule has 0 aliphatic carbocycles. The molecule has 1 atom stereocenters. The van der Waals surface area contributed by atoms with E-state index < -0.39 is 0 Å². The zero-order chi connectivity index (χ0) is 17.9. The lowest BCUT2D eigenvalue weighted by atomic mass is 10.1. The van der Waals surface area contributed by atoms with Crippen LogP contribution in [-0.4, -0.2) is 62.5 Å². The van der Waals surface area contributed by atoms with Crippen molar-refractivity contribution in [3.8, 4) is 0 Å². The number of methoxy groups -OCH3 is 1. The minimum Gasteiger partial charge on any atom is -0.469 e. The minimum atomic E-state index is -0.310. The molecule has 5 heteroatoms. The van der Waals surface area contributed by atoms with E-state index >= 15 is 0 Å². The van der Waals surface area contributed by atoms with Crippen molar-refractivity contribution >= 4 is 11.9 Å². The van der Waals surface area contributed by atoms with Crippen molar-refractivity contribution in [2.24, 2.45) is 5.92 Å². The first-order chi connectivity index (χ1) is 11.4. The summed E-state index contributed by atoms with van der Waals surface area (Å²) in [5.41, 5.74) is 1.15. The summed E-state index contributed by atoms with van der Waals surface area (Å²) in [5.74, 6) is -0.494. The number of aryl methyl sites for hydroxylation is 1. The van der Waals surface area contributed by atoms with Crippen molar-refractivity contribution in [2.75, 3.05) is 40.8 Å². The van der Waals surface area contributed by atoms with Crippen LogP contribution >= 0.6 is 0 Å². The Labute approximate surface area is 145 Å². The van der Waals surface area contributed by atoms with Crippen molar-refractivity contribution in [1.82, 2.24) is 9.80 Å². The molecule has 0 aromatic heterocycles. The van der Waals surface area contributed by atoms with Crippen LogP contribution in [0.1, 0.15) is 25.3 Å². The number of esters is 1. The summed E-state index contributed by atoms with van der Waals surface area (Å²) in [6.45, 7) is 3.78. The van der Waals surface area contributed by atoms with Gasteiger partial charge in [0.2, 0.25) is 5.91 Å². The Morgan fingerprint density at radius 3 is 2.38 bits per heavy atom. The van der Waals surface area contributed by atoms with Gasteiger partial charge in [0.25, 0.3) is 0 Å². The number of benzene rings is 1. The Hall–Kier alpha value is -1.88. The number of rotatable bonds is 10. The second-order valence-corrected chi connectivity index (χ2v) is 6.41. The van der Waals surface area contributed by atoms with E-state index in [0.29, 0.717) is 19.5 Å². The molecule has 0 fully saturated rings. The highest BCUT2D eigenvalue weighted by atomic mass is 16.5. The molecule has 0 spiro atoms. The van der Waals surface area contributed by atoms with Crippen LogP contribution in [0.2, 0.25) is 0 Å². The van der Waals surface area contributed by atoms with Gasteiger partial charge in [-0.1, -0.05) is 37.3 Å². The van der Waals surface area contributed by atoms with E-state index in [2.05, 4.69) is 4.90 Å². The van der Waals surface area contributed by atoms with Gasteiger partial charge in [-0.2, -0.15) is 0 Å². The summed E-state index contributed by atoms with van der Waals surface area (Å²) in [6.07, 6.45) is 2.06. The third kappa shape index (κ3) is 7.59. The van der Waals surface area contributed by atoms with E-state index in [0.717, 1.165) is 24.9 Å². The summed E-state index contributed by atoms with van der Waals surface area (Å²) in [7, 11) is 5.41. The third-order valence-corrected chi connectivity index (χ3v) is 3.95. The zero-order valence-corrected chi connectivity index (χ0v) is 15.3. The van der Waals surface area contributed by atoms with Crippen LogP contribution in [0.25, 0.3) is 0 Å². The molecule has 1 aromatic rings. The zero-order valence-electron chi connectivity index (χ0n) is 15.3. The maximum atomic E-state index is 12.6. The molecule has 1 aromatic carbocycles. The van der Waals surface area contributed by atoms with Gasteiger partial charge >= 0.3 is 5.97 Å². The number of carbonyl (C=O) groups excluding carboxylic acids is 2. The Morgan fingerprint density at radius 1 is 1.12 bits per heavy atom. The Kier molecular flexibility index (Phi) is 9.08. The molecule has 134 valence electrons. The lowest BCUT2D eigenvalue weighted by molar-refractivity contribution is -0.146. The van der Waals surface area contributed by atoms with Gasteiger partial charge in [-0.05, 0) is 39.0 Å². The maximum absolute atomic E-state index is 12.6. The molecular weight excluding hydrogens is 304 g/mol. The predicted molar refractivity (Wildman–Crippen MR) is 95.7 cm³/mol. The molecule has 1 unspecified atom stereocenters. The number of amides is 1. The molecule has 0 aliphatic rings. The molecule has 1 rings (SSSR count). The summed E-state index contributed by atoms with van der Waals surface area (Å²) in [5, 5.41) is 0. The second-order valence-electron chi connectivity index (χ2n) is 6.41. The van der Waals surface area contributed by atoms with Crippen LogP contribution < -0.4 is 0 Å². The van der Waals surface area contributed by atoms with Gasteiger partial charge in [-0.25, -0.2) is 0 Å². The van der Waals surface area contributed by atoms with Gasteiger partial charge in [-0.15, -0.1) is 0 Å². The van der Waals surface area contributed by atoms with Gasteiger partial charge < -0.3 is 14.5 Å². The van der Waals surface area contributed by atoms with Crippen LogP contribution in [-0.2, 0) is 20.7 Å². The highest BCUT2D eigenvalue weighted by Gasteiger charge is 2.21. The number of nitrogens with zero attached hydrogens (tertiary/aromatic N) is 2. The van der Waals surface area contributed by atoms with E-state index in [-0.39, 0.29) is 17.8 Å². The Morgan fingerprint density at radius 2 is 1.79 bits per heavy atom. The number of ether oxygens (including phenoxy) is 1. The van der Waals surface area contributed by atoms with Crippen molar-refractivity contribution in [1.29, 1.82) is 0 Å². The highest BCUT2D eigenvalue weighted by Crippen LogP contribution is 2.09. The van der Waals surface area contributed by atoms with E-state index in [1.165, 1.54) is 7.11 Å². The smallest absolute Gasteiger partial charge is 0.310 e. The van der Waals surface area contributed by atoms with Crippen molar-refractivity contribution < 1.29 is 14.3 Å². The third-order valence-electron chi connectivity index (χ3n) is 3.95. The second kappa shape index (κ2) is 10.8. The largest absolute Gasteiger partial charge is 0.469 e. The highest BCUT2D eigenvalue weighted by molar-refractivity contribution is 5.78. The first-order valence-electron chi connectivity index (χ1n) is 8.48. The molecule has 1 amide bonds.